The van der Waals surface area contributed by atoms with Crippen molar-refractivity contribution in [1.82, 2.24) is 0 Å². The fourth-order valence-electron chi connectivity index (χ4n) is 0.882. The lowest BCUT2D eigenvalue weighted by Gasteiger charge is -1.91. The molecule has 2 atom stereocenters. The van der Waals surface area contributed by atoms with Gasteiger partial charge in [-0.1, -0.05) is 19.8 Å². The smallest absolute Gasteiger partial charge is 0.157 e. The minimum absolute atomic E-state index is 0.366. The lowest BCUT2D eigenvalue weighted by atomic mass is 10.2. The highest BCUT2D eigenvalue weighted by atomic mass is 31.2. The van der Waals surface area contributed by atoms with Crippen LogP contribution in [0.5, 0.6) is 0 Å². The van der Waals surface area contributed by atoms with Gasteiger partial charge in [0, 0.05) is 6.42 Å². The van der Waals surface area contributed by atoms with Gasteiger partial charge in [-0.2, -0.15) is 9.79 Å². The van der Waals surface area contributed by atoms with E-state index in [4.69, 9.17) is 9.79 Å². The summed E-state index contributed by atoms with van der Waals surface area (Å²) in [6.07, 6.45) is 3.04. The van der Waals surface area contributed by atoms with Crippen molar-refractivity contribution in [1.29, 1.82) is 0 Å². The van der Waals surface area contributed by atoms with Gasteiger partial charge in [0.1, 0.15) is 0 Å². The quantitative estimate of drug-likeness (QED) is 0.523. The molecule has 0 aromatic heterocycles. The predicted octanol–water partition coefficient (Wildman–Crippen LogP) is 2.36. The Balaban J connectivity index is 3.80. The molecule has 12 heavy (non-hydrogen) atoms. The van der Waals surface area contributed by atoms with Gasteiger partial charge in [-0.25, -0.2) is 0 Å². The summed E-state index contributed by atoms with van der Waals surface area (Å²) >= 11 is 0. The maximum atomic E-state index is 10.5. The van der Waals surface area contributed by atoms with Gasteiger partial charge in [-0.3, -0.25) is 0 Å². The molecule has 0 bridgehead atoms. The molecule has 0 rings (SSSR count). The molecule has 4 nitrogen and oxygen atoms in total. The zero-order chi connectivity index (χ0) is 9.56. The third kappa shape index (κ3) is 4.89. The SMILES string of the molecule is CCCCCC([P+](=O)O)[P+](=O)O. The van der Waals surface area contributed by atoms with E-state index in [1.807, 2.05) is 6.92 Å². The summed E-state index contributed by atoms with van der Waals surface area (Å²) in [7, 11) is -5.01. The summed E-state index contributed by atoms with van der Waals surface area (Å²) in [6.45, 7) is 2.01. The molecule has 0 amide bonds. The van der Waals surface area contributed by atoms with Gasteiger partial charge < -0.3 is 0 Å². The first-order chi connectivity index (χ1) is 5.59. The second-order valence-electron chi connectivity index (χ2n) is 2.58. The van der Waals surface area contributed by atoms with E-state index in [2.05, 4.69) is 0 Å². The predicted molar refractivity (Wildman–Crippen MR) is 47.6 cm³/mol. The molecule has 0 fully saturated rings. The highest BCUT2D eigenvalue weighted by molar-refractivity contribution is 7.57. The summed E-state index contributed by atoms with van der Waals surface area (Å²) < 4.78 is 21.1. The topological polar surface area (TPSA) is 74.6 Å². The summed E-state index contributed by atoms with van der Waals surface area (Å²) in [4.78, 5) is 17.3. The lowest BCUT2D eigenvalue weighted by molar-refractivity contribution is 0.471. The monoisotopic (exact) mass is 212 g/mol. The highest BCUT2D eigenvalue weighted by Crippen LogP contribution is 2.42. The zero-order valence-electron chi connectivity index (χ0n) is 7.01. The Bertz CT molecular complexity index is 157. The van der Waals surface area contributed by atoms with Gasteiger partial charge in [0.2, 0.25) is 0 Å². The van der Waals surface area contributed by atoms with Crippen LogP contribution in [-0.2, 0) is 9.13 Å². The number of hydrogen-bond acceptors (Lipinski definition) is 2. The van der Waals surface area contributed by atoms with E-state index in [-0.39, 0.29) is 0 Å². The minimum Gasteiger partial charge on any atom is -0.157 e. The molecule has 0 heterocycles. The molecule has 0 aliphatic heterocycles. The van der Waals surface area contributed by atoms with Crippen LogP contribution in [0.3, 0.4) is 0 Å². The van der Waals surface area contributed by atoms with Crippen molar-refractivity contribution in [2.45, 2.75) is 38.0 Å². The normalized spacial score (nSPS) is 15.6. The molecule has 70 valence electrons. The van der Waals surface area contributed by atoms with Crippen LogP contribution in [0.2, 0.25) is 0 Å². The van der Waals surface area contributed by atoms with Crippen LogP contribution >= 0.6 is 16.1 Å². The van der Waals surface area contributed by atoms with Crippen molar-refractivity contribution in [3.05, 3.63) is 0 Å². The molecule has 0 aromatic carbocycles. The van der Waals surface area contributed by atoms with Crippen molar-refractivity contribution >= 4 is 16.1 Å². The summed E-state index contributed by atoms with van der Waals surface area (Å²) in [5.74, 6) is 0. The maximum Gasteiger partial charge on any atom is 0.564 e. The first-order valence-electron chi connectivity index (χ1n) is 3.90. The van der Waals surface area contributed by atoms with Gasteiger partial charge in [0.05, 0.1) is 0 Å². The molecular weight excluding hydrogens is 198 g/mol. The van der Waals surface area contributed by atoms with Gasteiger partial charge in [0.25, 0.3) is 0 Å². The van der Waals surface area contributed by atoms with Crippen LogP contribution in [0.4, 0.5) is 0 Å². The molecule has 0 saturated carbocycles. The largest absolute Gasteiger partial charge is 0.564 e. The standard InChI is InChI=1S/C6H12O4P2/c1-2-3-4-5-6(11(7)8)12(9)10/h6H,2-5H2,1H3/p+2. The fraction of sp³-hybridized carbons (Fsp3) is 1.00. The Kier molecular flexibility index (Phi) is 6.68. The van der Waals surface area contributed by atoms with Gasteiger partial charge in [-0.15, -0.1) is 0 Å². The molecule has 0 aliphatic carbocycles. The first kappa shape index (κ1) is 12.1. The second-order valence-corrected chi connectivity index (χ2v) is 5.45. The summed E-state index contributed by atoms with van der Waals surface area (Å²) in [5, 5.41) is -0.929. The number of unbranched alkanes of at least 4 members (excludes halogenated alkanes) is 2. The first-order valence-corrected chi connectivity index (χ1v) is 6.46. The molecule has 2 unspecified atom stereocenters. The average Bonchev–Trinajstić information content (AvgIpc) is 1.96. The second kappa shape index (κ2) is 6.62. The third-order valence-corrected chi connectivity index (χ3v) is 4.30. The van der Waals surface area contributed by atoms with Crippen LogP contribution in [0.25, 0.3) is 0 Å². The molecule has 2 N–H and O–H groups in total. The third-order valence-electron chi connectivity index (χ3n) is 1.58. The van der Waals surface area contributed by atoms with Crippen molar-refractivity contribution < 1.29 is 18.9 Å². The van der Waals surface area contributed by atoms with Gasteiger partial charge in [-0.05, 0) is 15.6 Å². The molecule has 0 aromatic rings. The summed E-state index contributed by atoms with van der Waals surface area (Å²) in [5.41, 5.74) is 0. The van der Waals surface area contributed by atoms with Crippen molar-refractivity contribution in [3.63, 3.8) is 0 Å². The van der Waals surface area contributed by atoms with Crippen molar-refractivity contribution in [3.8, 4) is 0 Å². The van der Waals surface area contributed by atoms with Gasteiger partial charge in [0.15, 0.2) is 0 Å². The molecule has 6 heteroatoms. The van der Waals surface area contributed by atoms with Crippen LogP contribution in [-0.4, -0.2) is 15.2 Å². The number of hydrogen-bond donors (Lipinski definition) is 2. The Morgan fingerprint density at radius 2 is 1.67 bits per heavy atom. The average molecular weight is 212 g/mol. The van der Waals surface area contributed by atoms with E-state index in [0.29, 0.717) is 6.42 Å². The summed E-state index contributed by atoms with van der Waals surface area (Å²) in [6, 6.07) is 0. The molecule has 0 saturated heterocycles. The maximum absolute atomic E-state index is 10.5. The highest BCUT2D eigenvalue weighted by Gasteiger charge is 2.46. The molecule has 0 aliphatic rings. The van der Waals surface area contributed by atoms with Crippen LogP contribution in [0, 0.1) is 0 Å². The number of rotatable bonds is 6. The van der Waals surface area contributed by atoms with Crippen LogP contribution in [0.1, 0.15) is 32.6 Å². The van der Waals surface area contributed by atoms with Crippen LogP contribution in [0.15, 0.2) is 0 Å². The van der Waals surface area contributed by atoms with E-state index in [1.165, 1.54) is 0 Å². The molecule has 0 radical (unpaired) electrons. The Morgan fingerprint density at radius 1 is 1.17 bits per heavy atom. The van der Waals surface area contributed by atoms with Crippen LogP contribution < -0.4 is 0 Å². The lowest BCUT2D eigenvalue weighted by Crippen LogP contribution is -1.95. The zero-order valence-corrected chi connectivity index (χ0v) is 8.80. The van der Waals surface area contributed by atoms with Gasteiger partial charge >= 0.3 is 21.5 Å². The minimum atomic E-state index is -2.50. The Labute approximate surface area is 73.7 Å². The van der Waals surface area contributed by atoms with E-state index < -0.39 is 21.5 Å². The fourth-order valence-corrected chi connectivity index (χ4v) is 2.37. The molecule has 0 spiro atoms. The van der Waals surface area contributed by atoms with E-state index in [1.54, 1.807) is 0 Å². The Morgan fingerprint density at radius 3 is 2.00 bits per heavy atom. The van der Waals surface area contributed by atoms with E-state index in [0.717, 1.165) is 19.3 Å². The Hall–Kier alpha value is 0.120. The van der Waals surface area contributed by atoms with Crippen molar-refractivity contribution in [2.75, 3.05) is 0 Å². The molecular formula is C6H14O4P2+2. The van der Waals surface area contributed by atoms with Crippen molar-refractivity contribution in [2.24, 2.45) is 0 Å². The van der Waals surface area contributed by atoms with E-state index in [9.17, 15) is 9.13 Å². The van der Waals surface area contributed by atoms with E-state index >= 15 is 0 Å².